The first-order valence-corrected chi connectivity index (χ1v) is 7.79. The highest BCUT2D eigenvalue weighted by atomic mass is 32.2. The molecule has 2 nitrogen and oxygen atoms in total. The zero-order chi connectivity index (χ0) is 12.1. The van der Waals surface area contributed by atoms with E-state index in [0.717, 1.165) is 18.1 Å². The highest BCUT2D eigenvalue weighted by Crippen LogP contribution is 2.37. The predicted molar refractivity (Wildman–Crippen MR) is 76.1 cm³/mol. The summed E-state index contributed by atoms with van der Waals surface area (Å²) in [6, 6.07) is 9.26. The fourth-order valence-corrected chi connectivity index (χ4v) is 2.82. The summed E-state index contributed by atoms with van der Waals surface area (Å²) in [5.41, 5.74) is 5.78. The fraction of sp³-hybridized carbons (Fsp3) is 0.571. The average molecular weight is 250 g/mol. The molecule has 1 aromatic rings. The van der Waals surface area contributed by atoms with Crippen LogP contribution < -0.4 is 11.3 Å². The Morgan fingerprint density at radius 2 is 2.29 bits per heavy atom. The third-order valence-corrected chi connectivity index (χ3v) is 4.35. The Bertz CT molecular complexity index is 350. The number of hydrogen-bond acceptors (Lipinski definition) is 3. The molecule has 3 N–H and O–H groups in total. The van der Waals surface area contributed by atoms with Crippen molar-refractivity contribution in [3.05, 3.63) is 35.4 Å². The first kappa shape index (κ1) is 12.9. The number of rotatable bonds is 6. The van der Waals surface area contributed by atoms with Crippen molar-refractivity contribution >= 4 is 11.8 Å². The number of benzene rings is 1. The Balaban J connectivity index is 2.07. The molecule has 1 atom stereocenters. The van der Waals surface area contributed by atoms with Gasteiger partial charge in [-0.25, -0.2) is 0 Å². The normalized spacial score (nSPS) is 17.8. The van der Waals surface area contributed by atoms with Gasteiger partial charge in [-0.2, -0.15) is 11.8 Å². The Morgan fingerprint density at radius 3 is 2.88 bits per heavy atom. The number of nitrogens with one attached hydrogen (secondary N) is 1. The van der Waals surface area contributed by atoms with Crippen molar-refractivity contribution in [2.24, 2.45) is 5.84 Å². The lowest BCUT2D eigenvalue weighted by atomic mass is 9.79. The minimum Gasteiger partial charge on any atom is -0.271 e. The van der Waals surface area contributed by atoms with Crippen molar-refractivity contribution in [2.45, 2.75) is 37.6 Å². The van der Waals surface area contributed by atoms with Crippen LogP contribution in [0.2, 0.25) is 0 Å². The summed E-state index contributed by atoms with van der Waals surface area (Å²) in [4.78, 5) is 0. The summed E-state index contributed by atoms with van der Waals surface area (Å²) in [6.07, 6.45) is 7.33. The largest absolute Gasteiger partial charge is 0.271 e. The maximum absolute atomic E-state index is 5.66. The number of hydrazine groups is 1. The van der Waals surface area contributed by atoms with Crippen molar-refractivity contribution in [3.63, 3.8) is 0 Å². The molecule has 1 saturated carbocycles. The molecule has 17 heavy (non-hydrogen) atoms. The van der Waals surface area contributed by atoms with Crippen LogP contribution in [0.4, 0.5) is 0 Å². The maximum atomic E-state index is 5.66. The van der Waals surface area contributed by atoms with Crippen LogP contribution in [-0.4, -0.2) is 12.0 Å². The van der Waals surface area contributed by atoms with Crippen LogP contribution in [0, 0.1) is 0 Å². The SMILES string of the molecule is CSCCC(NN)c1cccc(C2CCC2)c1. The van der Waals surface area contributed by atoms with Gasteiger partial charge in [0.15, 0.2) is 0 Å². The highest BCUT2D eigenvalue weighted by molar-refractivity contribution is 7.98. The molecule has 0 spiro atoms. The van der Waals surface area contributed by atoms with E-state index in [0.29, 0.717) is 6.04 Å². The average Bonchev–Trinajstić information content (AvgIpc) is 2.28. The van der Waals surface area contributed by atoms with E-state index in [1.807, 2.05) is 11.8 Å². The summed E-state index contributed by atoms with van der Waals surface area (Å²) in [5, 5.41) is 0. The van der Waals surface area contributed by atoms with E-state index in [2.05, 4.69) is 35.9 Å². The van der Waals surface area contributed by atoms with E-state index in [9.17, 15) is 0 Å². The lowest BCUT2D eigenvalue weighted by molar-refractivity contribution is 0.419. The lowest BCUT2D eigenvalue weighted by Gasteiger charge is -2.27. The van der Waals surface area contributed by atoms with Gasteiger partial charge in [0.1, 0.15) is 0 Å². The van der Waals surface area contributed by atoms with Crippen molar-refractivity contribution in [2.75, 3.05) is 12.0 Å². The lowest BCUT2D eigenvalue weighted by Crippen LogP contribution is -2.28. The minimum atomic E-state index is 0.294. The number of hydrogen-bond donors (Lipinski definition) is 2. The van der Waals surface area contributed by atoms with Crippen LogP contribution in [-0.2, 0) is 0 Å². The number of nitrogens with two attached hydrogens (primary N) is 1. The molecule has 3 heteroatoms. The molecule has 94 valence electrons. The molecule has 0 bridgehead atoms. The second-order valence-electron chi connectivity index (χ2n) is 4.80. The molecule has 1 aromatic carbocycles. The Hall–Kier alpha value is -0.510. The second-order valence-corrected chi connectivity index (χ2v) is 5.78. The summed E-state index contributed by atoms with van der Waals surface area (Å²) in [7, 11) is 0. The van der Waals surface area contributed by atoms with E-state index in [-0.39, 0.29) is 0 Å². The monoisotopic (exact) mass is 250 g/mol. The van der Waals surface area contributed by atoms with E-state index in [4.69, 9.17) is 5.84 Å². The topological polar surface area (TPSA) is 38.0 Å². The van der Waals surface area contributed by atoms with Crippen LogP contribution in [0.1, 0.15) is 48.8 Å². The summed E-state index contributed by atoms with van der Waals surface area (Å²) in [6.45, 7) is 0. The van der Waals surface area contributed by atoms with Crippen LogP contribution in [0.25, 0.3) is 0 Å². The summed E-state index contributed by atoms with van der Waals surface area (Å²) < 4.78 is 0. The molecule has 1 aliphatic carbocycles. The van der Waals surface area contributed by atoms with Gasteiger partial charge in [0.05, 0.1) is 0 Å². The number of thioether (sulfide) groups is 1. The zero-order valence-corrected chi connectivity index (χ0v) is 11.3. The van der Waals surface area contributed by atoms with Gasteiger partial charge in [-0.15, -0.1) is 0 Å². The van der Waals surface area contributed by atoms with Gasteiger partial charge in [0.2, 0.25) is 0 Å². The molecule has 0 amide bonds. The minimum absolute atomic E-state index is 0.294. The Morgan fingerprint density at radius 1 is 1.47 bits per heavy atom. The summed E-state index contributed by atoms with van der Waals surface area (Å²) >= 11 is 1.87. The van der Waals surface area contributed by atoms with Gasteiger partial charge in [-0.3, -0.25) is 11.3 Å². The van der Waals surface area contributed by atoms with Gasteiger partial charge in [0.25, 0.3) is 0 Å². The van der Waals surface area contributed by atoms with E-state index in [1.54, 1.807) is 0 Å². The Labute approximate surface area is 108 Å². The molecule has 1 aliphatic rings. The zero-order valence-electron chi connectivity index (χ0n) is 10.5. The highest BCUT2D eigenvalue weighted by Gasteiger charge is 2.20. The van der Waals surface area contributed by atoms with Crippen molar-refractivity contribution < 1.29 is 0 Å². The molecule has 0 saturated heterocycles. The molecule has 1 unspecified atom stereocenters. The van der Waals surface area contributed by atoms with E-state index >= 15 is 0 Å². The molecular formula is C14H22N2S. The predicted octanol–water partition coefficient (Wildman–Crippen LogP) is 3.21. The molecule has 1 fully saturated rings. The maximum Gasteiger partial charge on any atom is 0.0467 e. The van der Waals surface area contributed by atoms with Gasteiger partial charge in [0, 0.05) is 6.04 Å². The molecular weight excluding hydrogens is 228 g/mol. The quantitative estimate of drug-likeness (QED) is 0.601. The molecule has 0 aliphatic heterocycles. The standard InChI is InChI=1S/C14H22N2S/c1-17-9-8-14(16-15)13-7-3-6-12(10-13)11-4-2-5-11/h3,6-7,10-11,14,16H,2,4-5,8-9,15H2,1H3. The first-order chi connectivity index (χ1) is 8.35. The van der Waals surface area contributed by atoms with Crippen LogP contribution in [0.5, 0.6) is 0 Å². The van der Waals surface area contributed by atoms with Crippen LogP contribution in [0.3, 0.4) is 0 Å². The first-order valence-electron chi connectivity index (χ1n) is 6.40. The fourth-order valence-electron chi connectivity index (χ4n) is 2.35. The van der Waals surface area contributed by atoms with Crippen LogP contribution >= 0.6 is 11.8 Å². The van der Waals surface area contributed by atoms with E-state index in [1.165, 1.54) is 30.4 Å². The molecule has 2 rings (SSSR count). The van der Waals surface area contributed by atoms with E-state index < -0.39 is 0 Å². The Kier molecular flexibility index (Phi) is 4.89. The van der Waals surface area contributed by atoms with Gasteiger partial charge >= 0.3 is 0 Å². The van der Waals surface area contributed by atoms with Gasteiger partial charge < -0.3 is 0 Å². The van der Waals surface area contributed by atoms with Gasteiger partial charge in [-0.05, 0) is 48.3 Å². The van der Waals surface area contributed by atoms with Crippen molar-refractivity contribution in [1.82, 2.24) is 5.43 Å². The van der Waals surface area contributed by atoms with Gasteiger partial charge in [-0.1, -0.05) is 30.7 Å². The third-order valence-electron chi connectivity index (χ3n) is 3.70. The molecule has 0 heterocycles. The smallest absolute Gasteiger partial charge is 0.0467 e. The summed E-state index contributed by atoms with van der Waals surface area (Å²) in [5.74, 6) is 7.60. The third kappa shape index (κ3) is 3.24. The van der Waals surface area contributed by atoms with Crippen molar-refractivity contribution in [3.8, 4) is 0 Å². The second kappa shape index (κ2) is 6.43. The van der Waals surface area contributed by atoms with Crippen molar-refractivity contribution in [1.29, 1.82) is 0 Å². The van der Waals surface area contributed by atoms with Crippen LogP contribution in [0.15, 0.2) is 24.3 Å². The molecule has 0 aromatic heterocycles. The molecule has 0 radical (unpaired) electrons.